The third kappa shape index (κ3) is 6.90. The first-order valence-electron chi connectivity index (χ1n) is 5.41. The number of likely N-dealkylation sites (N-methyl/N-ethyl adjacent to an activating group) is 1. The van der Waals surface area contributed by atoms with E-state index in [1.54, 1.807) is 0 Å². The second kappa shape index (κ2) is 8.23. The fourth-order valence-electron chi connectivity index (χ4n) is 1.20. The molecule has 0 bridgehead atoms. The third-order valence-electron chi connectivity index (χ3n) is 1.98. The van der Waals surface area contributed by atoms with Gasteiger partial charge in [-0.1, -0.05) is 0 Å². The molecule has 0 saturated heterocycles. The number of rotatable bonds is 7. The van der Waals surface area contributed by atoms with Crippen molar-refractivity contribution in [1.82, 2.24) is 10.6 Å². The van der Waals surface area contributed by atoms with Crippen molar-refractivity contribution in [1.29, 1.82) is 0 Å². The number of carbonyl (C=O) groups excluding carboxylic acids is 2. The fraction of sp³-hybridized carbons (Fsp3) is 0.800. The summed E-state index contributed by atoms with van der Waals surface area (Å²) in [6, 6.07) is -0.501. The lowest BCUT2D eigenvalue weighted by molar-refractivity contribution is -0.123. The van der Waals surface area contributed by atoms with Crippen LogP contribution in [-0.2, 0) is 9.59 Å². The molecule has 5 nitrogen and oxygen atoms in total. The minimum Gasteiger partial charge on any atom is -0.356 e. The highest BCUT2D eigenvalue weighted by Gasteiger charge is 2.12. The lowest BCUT2D eigenvalue weighted by Crippen LogP contribution is -2.40. The molecule has 5 heteroatoms. The molecule has 0 spiro atoms. The minimum absolute atomic E-state index is 0.0144. The van der Waals surface area contributed by atoms with Crippen LogP contribution < -0.4 is 16.4 Å². The largest absolute Gasteiger partial charge is 0.356 e. The minimum atomic E-state index is -0.501. The van der Waals surface area contributed by atoms with E-state index in [1.165, 1.54) is 0 Å². The summed E-state index contributed by atoms with van der Waals surface area (Å²) in [6.45, 7) is 4.95. The van der Waals surface area contributed by atoms with Crippen molar-refractivity contribution >= 4 is 11.8 Å². The van der Waals surface area contributed by atoms with E-state index in [2.05, 4.69) is 10.6 Å². The molecular weight excluding hydrogens is 194 g/mol. The van der Waals surface area contributed by atoms with E-state index in [9.17, 15) is 9.59 Å². The van der Waals surface area contributed by atoms with E-state index < -0.39 is 6.04 Å². The average molecular weight is 215 g/mol. The molecule has 15 heavy (non-hydrogen) atoms. The van der Waals surface area contributed by atoms with Crippen molar-refractivity contribution in [2.75, 3.05) is 13.1 Å². The maximum Gasteiger partial charge on any atom is 0.236 e. The van der Waals surface area contributed by atoms with Crippen LogP contribution in [0.5, 0.6) is 0 Å². The summed E-state index contributed by atoms with van der Waals surface area (Å²) in [6.07, 6.45) is 1.62. The van der Waals surface area contributed by atoms with Crippen LogP contribution in [0.25, 0.3) is 0 Å². The van der Waals surface area contributed by atoms with Crippen LogP contribution in [0, 0.1) is 0 Å². The van der Waals surface area contributed by atoms with E-state index in [1.807, 2.05) is 13.8 Å². The smallest absolute Gasteiger partial charge is 0.236 e. The van der Waals surface area contributed by atoms with Gasteiger partial charge >= 0.3 is 0 Å². The van der Waals surface area contributed by atoms with Gasteiger partial charge < -0.3 is 16.4 Å². The number of hydrogen-bond acceptors (Lipinski definition) is 3. The van der Waals surface area contributed by atoms with Gasteiger partial charge in [0.25, 0.3) is 0 Å². The monoisotopic (exact) mass is 215 g/mol. The Labute approximate surface area is 90.8 Å². The van der Waals surface area contributed by atoms with Gasteiger partial charge in [0, 0.05) is 19.5 Å². The molecule has 88 valence electrons. The Morgan fingerprint density at radius 2 is 1.80 bits per heavy atom. The molecule has 1 unspecified atom stereocenters. The third-order valence-corrected chi connectivity index (χ3v) is 1.98. The summed E-state index contributed by atoms with van der Waals surface area (Å²) in [7, 11) is 0. The van der Waals surface area contributed by atoms with E-state index in [4.69, 9.17) is 5.73 Å². The summed E-state index contributed by atoms with van der Waals surface area (Å²) in [5, 5.41) is 5.34. The van der Waals surface area contributed by atoms with Crippen molar-refractivity contribution < 1.29 is 9.59 Å². The molecule has 0 aliphatic rings. The van der Waals surface area contributed by atoms with Gasteiger partial charge in [-0.2, -0.15) is 0 Å². The van der Waals surface area contributed by atoms with Gasteiger partial charge in [0.2, 0.25) is 11.8 Å². The lowest BCUT2D eigenvalue weighted by Gasteiger charge is -2.10. The molecule has 0 aromatic carbocycles. The van der Waals surface area contributed by atoms with Crippen molar-refractivity contribution in [2.45, 2.75) is 39.2 Å². The zero-order chi connectivity index (χ0) is 11.7. The van der Waals surface area contributed by atoms with E-state index in [0.29, 0.717) is 32.4 Å². The maximum absolute atomic E-state index is 11.2. The Kier molecular flexibility index (Phi) is 7.62. The summed E-state index contributed by atoms with van der Waals surface area (Å²) < 4.78 is 0. The normalized spacial score (nSPS) is 11.9. The van der Waals surface area contributed by atoms with E-state index >= 15 is 0 Å². The number of amides is 2. The first-order chi connectivity index (χ1) is 7.11. The predicted molar refractivity (Wildman–Crippen MR) is 59.2 cm³/mol. The SMILES string of the molecule is CCNC(=O)CCCC(N)C(=O)NCC. The highest BCUT2D eigenvalue weighted by atomic mass is 16.2. The van der Waals surface area contributed by atoms with Crippen LogP contribution in [0.3, 0.4) is 0 Å². The molecule has 0 fully saturated rings. The average Bonchev–Trinajstić information content (AvgIpc) is 2.18. The van der Waals surface area contributed by atoms with Gasteiger partial charge in [-0.3, -0.25) is 9.59 Å². The Bertz CT molecular complexity index is 207. The zero-order valence-electron chi connectivity index (χ0n) is 9.51. The summed E-state index contributed by atoms with van der Waals surface area (Å²) in [5.74, 6) is -0.131. The molecule has 0 aromatic rings. The fourth-order valence-corrected chi connectivity index (χ4v) is 1.20. The number of hydrogen-bond donors (Lipinski definition) is 3. The maximum atomic E-state index is 11.2. The van der Waals surface area contributed by atoms with Crippen molar-refractivity contribution in [2.24, 2.45) is 5.73 Å². The summed E-state index contributed by atoms with van der Waals surface area (Å²) in [5.41, 5.74) is 5.62. The lowest BCUT2D eigenvalue weighted by atomic mass is 10.1. The van der Waals surface area contributed by atoms with E-state index in [-0.39, 0.29) is 11.8 Å². The summed E-state index contributed by atoms with van der Waals surface area (Å²) in [4.78, 5) is 22.3. The Balaban J connectivity index is 3.58. The molecule has 0 saturated carbocycles. The van der Waals surface area contributed by atoms with Crippen LogP contribution in [0.15, 0.2) is 0 Å². The van der Waals surface area contributed by atoms with Gasteiger partial charge in [0.05, 0.1) is 6.04 Å². The molecule has 0 radical (unpaired) electrons. The Morgan fingerprint density at radius 3 is 2.33 bits per heavy atom. The highest BCUT2D eigenvalue weighted by Crippen LogP contribution is 1.99. The number of carbonyl (C=O) groups is 2. The number of nitrogens with two attached hydrogens (primary N) is 1. The zero-order valence-corrected chi connectivity index (χ0v) is 9.51. The Hall–Kier alpha value is -1.10. The molecule has 0 aliphatic heterocycles. The second-order valence-corrected chi connectivity index (χ2v) is 3.35. The molecule has 0 rings (SSSR count). The van der Waals surface area contributed by atoms with Gasteiger partial charge in [-0.25, -0.2) is 0 Å². The molecule has 4 N–H and O–H groups in total. The van der Waals surface area contributed by atoms with Crippen molar-refractivity contribution in [3.8, 4) is 0 Å². The van der Waals surface area contributed by atoms with Crippen LogP contribution in [0.4, 0.5) is 0 Å². The topological polar surface area (TPSA) is 84.2 Å². The highest BCUT2D eigenvalue weighted by molar-refractivity contribution is 5.81. The Morgan fingerprint density at radius 1 is 1.20 bits per heavy atom. The molecular formula is C10H21N3O2. The van der Waals surface area contributed by atoms with Crippen molar-refractivity contribution in [3.63, 3.8) is 0 Å². The quantitative estimate of drug-likeness (QED) is 0.548. The molecule has 0 heterocycles. The van der Waals surface area contributed by atoms with Crippen LogP contribution >= 0.6 is 0 Å². The van der Waals surface area contributed by atoms with Gasteiger partial charge in [0.15, 0.2) is 0 Å². The van der Waals surface area contributed by atoms with Crippen LogP contribution in [-0.4, -0.2) is 30.9 Å². The molecule has 0 aliphatic carbocycles. The van der Waals surface area contributed by atoms with Gasteiger partial charge in [0.1, 0.15) is 0 Å². The molecule has 0 aromatic heterocycles. The molecule has 2 amide bonds. The first kappa shape index (κ1) is 13.9. The summed E-state index contributed by atoms with van der Waals surface area (Å²) >= 11 is 0. The second-order valence-electron chi connectivity index (χ2n) is 3.35. The van der Waals surface area contributed by atoms with Crippen LogP contribution in [0.2, 0.25) is 0 Å². The standard InChI is InChI=1S/C10H21N3O2/c1-3-12-9(14)7-5-6-8(11)10(15)13-4-2/h8H,3-7,11H2,1-2H3,(H,12,14)(H,13,15). The first-order valence-corrected chi connectivity index (χ1v) is 5.41. The number of nitrogens with one attached hydrogen (secondary N) is 2. The van der Waals surface area contributed by atoms with Crippen molar-refractivity contribution in [3.05, 3.63) is 0 Å². The predicted octanol–water partition coefficient (Wildman–Crippen LogP) is -0.244. The van der Waals surface area contributed by atoms with Gasteiger partial charge in [-0.05, 0) is 26.7 Å². The van der Waals surface area contributed by atoms with E-state index in [0.717, 1.165) is 0 Å². The van der Waals surface area contributed by atoms with Gasteiger partial charge in [-0.15, -0.1) is 0 Å². The van der Waals surface area contributed by atoms with Crippen LogP contribution in [0.1, 0.15) is 33.1 Å². The molecule has 1 atom stereocenters.